The second-order valence-corrected chi connectivity index (χ2v) is 3.54. The van der Waals surface area contributed by atoms with Gasteiger partial charge in [0.1, 0.15) is 5.69 Å². The maximum Gasteiger partial charge on any atom is 0.434 e. The van der Waals surface area contributed by atoms with Crippen LogP contribution >= 0.6 is 0 Å². The number of carbonyl (C=O) groups excluding carboxylic acids is 1. The lowest BCUT2D eigenvalue weighted by Crippen LogP contribution is -2.46. The fraction of sp³-hybridized carbons (Fsp3) is 0.333. The number of carbonyl (C=O) groups is 1. The third-order valence-corrected chi connectivity index (χ3v) is 1.97. The first-order chi connectivity index (χ1) is 8.93. The van der Waals surface area contributed by atoms with Crippen LogP contribution in [-0.2, 0) is 0 Å². The van der Waals surface area contributed by atoms with Gasteiger partial charge in [0.05, 0.1) is 5.69 Å². The number of hydrogen-bond acceptors (Lipinski definition) is 4. The number of hydrogen-bond donors (Lipinski definition) is 2. The van der Waals surface area contributed by atoms with E-state index in [1.54, 1.807) is 0 Å². The maximum atomic E-state index is 12.3. The molecule has 0 aliphatic heterocycles. The van der Waals surface area contributed by atoms with Crippen molar-refractivity contribution in [1.82, 2.24) is 4.98 Å². The van der Waals surface area contributed by atoms with Crippen LogP contribution in [0.4, 0.5) is 32.0 Å². The van der Waals surface area contributed by atoms with Crippen molar-refractivity contribution in [2.45, 2.75) is 18.5 Å². The summed E-state index contributed by atoms with van der Waals surface area (Å²) in [5.74, 6) is -2.34. The number of primary amides is 1. The summed E-state index contributed by atoms with van der Waals surface area (Å²) in [4.78, 5) is 13.9. The van der Waals surface area contributed by atoms with Crippen molar-refractivity contribution in [3.63, 3.8) is 0 Å². The van der Waals surface area contributed by atoms with E-state index in [1.807, 2.05) is 0 Å². The Hall–Kier alpha value is -2.20. The molecular weight excluding hydrogens is 296 g/mol. The zero-order chi connectivity index (χ0) is 15.7. The van der Waals surface area contributed by atoms with Crippen molar-refractivity contribution in [3.8, 4) is 5.88 Å². The SMILES string of the molecule is NC(=O)c1ccc(N)c(OC(C(F)(F)F)C(F)(F)F)n1. The van der Waals surface area contributed by atoms with Gasteiger partial charge in [0.2, 0.25) is 5.88 Å². The summed E-state index contributed by atoms with van der Waals surface area (Å²) in [7, 11) is 0. The molecule has 0 bridgehead atoms. The van der Waals surface area contributed by atoms with Crippen molar-refractivity contribution < 1.29 is 35.9 Å². The average molecular weight is 303 g/mol. The standard InChI is InChI=1S/C9H7F6N3O2/c10-8(11,12)7(9(13,14)15)20-6-3(16)1-2-4(18-6)5(17)19/h1-2,7H,16H2,(H2,17,19). The van der Waals surface area contributed by atoms with Crippen molar-refractivity contribution >= 4 is 11.6 Å². The molecule has 0 saturated carbocycles. The van der Waals surface area contributed by atoms with Crippen molar-refractivity contribution in [1.29, 1.82) is 0 Å². The highest BCUT2D eigenvalue weighted by Gasteiger charge is 2.59. The molecular formula is C9H7F6N3O2. The van der Waals surface area contributed by atoms with Crippen LogP contribution in [0, 0.1) is 0 Å². The summed E-state index contributed by atoms with van der Waals surface area (Å²) in [6.07, 6.45) is -15.6. The van der Waals surface area contributed by atoms with Crippen LogP contribution in [0.1, 0.15) is 10.5 Å². The predicted molar refractivity (Wildman–Crippen MR) is 53.7 cm³/mol. The molecule has 0 saturated heterocycles. The number of nitrogen functional groups attached to an aromatic ring is 1. The highest BCUT2D eigenvalue weighted by Crippen LogP contribution is 2.37. The number of amides is 1. The number of ether oxygens (including phenoxy) is 1. The van der Waals surface area contributed by atoms with Crippen LogP contribution < -0.4 is 16.2 Å². The Morgan fingerprint density at radius 1 is 1.15 bits per heavy atom. The topological polar surface area (TPSA) is 91.2 Å². The molecule has 1 amide bonds. The minimum absolute atomic E-state index is 0.586. The lowest BCUT2D eigenvalue weighted by Gasteiger charge is -2.23. The van der Waals surface area contributed by atoms with Gasteiger partial charge in [-0.05, 0) is 12.1 Å². The maximum absolute atomic E-state index is 12.3. The molecule has 0 fully saturated rings. The molecule has 20 heavy (non-hydrogen) atoms. The molecule has 5 nitrogen and oxygen atoms in total. The number of rotatable bonds is 3. The van der Waals surface area contributed by atoms with Crippen LogP contribution in [0.15, 0.2) is 12.1 Å². The molecule has 0 aliphatic carbocycles. The van der Waals surface area contributed by atoms with E-state index in [9.17, 15) is 31.1 Å². The Morgan fingerprint density at radius 2 is 1.65 bits per heavy atom. The van der Waals surface area contributed by atoms with Gasteiger partial charge < -0.3 is 16.2 Å². The van der Waals surface area contributed by atoms with Crippen LogP contribution in [-0.4, -0.2) is 29.3 Å². The molecule has 112 valence electrons. The molecule has 0 unspecified atom stereocenters. The fourth-order valence-corrected chi connectivity index (χ4v) is 1.11. The first kappa shape index (κ1) is 15.9. The molecule has 1 heterocycles. The minimum Gasteiger partial charge on any atom is -0.453 e. The number of anilines is 1. The van der Waals surface area contributed by atoms with E-state index in [4.69, 9.17) is 11.5 Å². The van der Waals surface area contributed by atoms with Gasteiger partial charge in [-0.2, -0.15) is 26.3 Å². The third-order valence-electron chi connectivity index (χ3n) is 1.97. The van der Waals surface area contributed by atoms with E-state index in [-0.39, 0.29) is 0 Å². The van der Waals surface area contributed by atoms with Crippen LogP contribution in [0.2, 0.25) is 0 Å². The number of nitrogens with zero attached hydrogens (tertiary/aromatic N) is 1. The smallest absolute Gasteiger partial charge is 0.434 e. The lowest BCUT2D eigenvalue weighted by atomic mass is 10.3. The van der Waals surface area contributed by atoms with Crippen molar-refractivity contribution in [2.75, 3.05) is 5.73 Å². The van der Waals surface area contributed by atoms with Gasteiger partial charge in [-0.25, -0.2) is 4.98 Å². The Bertz CT molecular complexity index is 499. The van der Waals surface area contributed by atoms with Gasteiger partial charge in [0.25, 0.3) is 12.0 Å². The van der Waals surface area contributed by atoms with Crippen molar-refractivity contribution in [3.05, 3.63) is 17.8 Å². The van der Waals surface area contributed by atoms with Crippen LogP contribution in [0.5, 0.6) is 5.88 Å². The summed E-state index contributed by atoms with van der Waals surface area (Å²) in [6, 6.07) is 1.78. The molecule has 11 heteroatoms. The predicted octanol–water partition coefficient (Wildman–Crippen LogP) is 1.63. The quantitative estimate of drug-likeness (QED) is 0.830. The Balaban J connectivity index is 3.18. The Morgan fingerprint density at radius 3 is 2.05 bits per heavy atom. The zero-order valence-corrected chi connectivity index (χ0v) is 9.42. The van der Waals surface area contributed by atoms with E-state index in [1.165, 1.54) is 0 Å². The largest absolute Gasteiger partial charge is 0.453 e. The zero-order valence-electron chi connectivity index (χ0n) is 9.42. The van der Waals surface area contributed by atoms with Gasteiger partial charge >= 0.3 is 12.4 Å². The van der Waals surface area contributed by atoms with E-state index >= 15 is 0 Å². The number of nitrogens with two attached hydrogens (primary N) is 2. The van der Waals surface area contributed by atoms with E-state index in [0.717, 1.165) is 12.1 Å². The first-order valence-electron chi connectivity index (χ1n) is 4.79. The molecule has 0 atom stereocenters. The number of aromatic nitrogens is 1. The van der Waals surface area contributed by atoms with Crippen molar-refractivity contribution in [2.24, 2.45) is 5.73 Å². The first-order valence-corrected chi connectivity index (χ1v) is 4.79. The van der Waals surface area contributed by atoms with Crippen LogP contribution in [0.25, 0.3) is 0 Å². The van der Waals surface area contributed by atoms with Gasteiger partial charge in [0, 0.05) is 0 Å². The molecule has 4 N–H and O–H groups in total. The fourth-order valence-electron chi connectivity index (χ4n) is 1.11. The minimum atomic E-state index is -5.73. The molecule has 0 spiro atoms. The second kappa shape index (κ2) is 5.06. The summed E-state index contributed by atoms with van der Waals surface area (Å²) < 4.78 is 77.5. The molecule has 1 rings (SSSR count). The summed E-state index contributed by atoms with van der Waals surface area (Å²) in [5.41, 5.74) is 8.75. The van der Waals surface area contributed by atoms with Crippen LogP contribution in [0.3, 0.4) is 0 Å². The normalized spacial score (nSPS) is 12.6. The highest BCUT2D eigenvalue weighted by molar-refractivity contribution is 5.91. The molecule has 0 aromatic carbocycles. The van der Waals surface area contributed by atoms with E-state index in [2.05, 4.69) is 9.72 Å². The average Bonchev–Trinajstić information content (AvgIpc) is 2.24. The van der Waals surface area contributed by atoms with E-state index < -0.39 is 41.6 Å². The molecule has 1 aromatic heterocycles. The monoisotopic (exact) mass is 303 g/mol. The number of halogens is 6. The summed E-state index contributed by atoms with van der Waals surface area (Å²) >= 11 is 0. The van der Waals surface area contributed by atoms with E-state index in [0.29, 0.717) is 0 Å². The third kappa shape index (κ3) is 3.65. The van der Waals surface area contributed by atoms with Gasteiger partial charge in [-0.15, -0.1) is 0 Å². The Kier molecular flexibility index (Phi) is 4.01. The second-order valence-electron chi connectivity index (χ2n) is 3.54. The number of pyridine rings is 1. The summed E-state index contributed by atoms with van der Waals surface area (Å²) in [5, 5.41) is 0. The van der Waals surface area contributed by atoms with Gasteiger partial charge in [-0.1, -0.05) is 0 Å². The lowest BCUT2D eigenvalue weighted by molar-refractivity contribution is -0.300. The van der Waals surface area contributed by atoms with Gasteiger partial charge in [-0.3, -0.25) is 4.79 Å². The summed E-state index contributed by atoms with van der Waals surface area (Å²) in [6.45, 7) is 0. The molecule has 0 aliphatic rings. The molecule has 0 radical (unpaired) electrons. The van der Waals surface area contributed by atoms with Gasteiger partial charge in [0.15, 0.2) is 0 Å². The Labute approximate surface area is 107 Å². The number of alkyl halides is 6. The molecule has 1 aromatic rings. The highest BCUT2D eigenvalue weighted by atomic mass is 19.4.